The molecule has 100 valence electrons. The van der Waals surface area contributed by atoms with E-state index in [1.54, 1.807) is 25.3 Å². The lowest BCUT2D eigenvalue weighted by atomic mass is 10.2. The molecule has 19 heavy (non-hydrogen) atoms. The van der Waals surface area contributed by atoms with Gasteiger partial charge in [-0.15, -0.1) is 0 Å². The summed E-state index contributed by atoms with van der Waals surface area (Å²) in [6, 6.07) is 5.03. The Hall–Kier alpha value is -1.34. The maximum absolute atomic E-state index is 10.9. The molecule has 0 aliphatic carbocycles. The molecule has 5 nitrogen and oxygen atoms in total. The molecule has 0 saturated heterocycles. The molecule has 1 aromatic heterocycles. The second kappa shape index (κ2) is 5.75. The van der Waals surface area contributed by atoms with E-state index in [4.69, 9.17) is 4.42 Å². The Balaban J connectivity index is 2.23. The van der Waals surface area contributed by atoms with Crippen LogP contribution in [0.15, 0.2) is 37.8 Å². The molecule has 1 heterocycles. The van der Waals surface area contributed by atoms with Crippen molar-refractivity contribution in [1.29, 1.82) is 0 Å². The second-order valence-electron chi connectivity index (χ2n) is 3.92. The molecule has 0 spiro atoms. The van der Waals surface area contributed by atoms with Crippen molar-refractivity contribution in [2.75, 3.05) is 5.32 Å². The maximum Gasteiger partial charge on any atom is 0.274 e. The Morgan fingerprint density at radius 1 is 1.37 bits per heavy atom. The van der Waals surface area contributed by atoms with Gasteiger partial charge in [-0.05, 0) is 50.9 Å². The monoisotopic (exact) mass is 388 g/mol. The predicted octanol–water partition coefficient (Wildman–Crippen LogP) is 4.63. The third-order valence-corrected chi connectivity index (χ3v) is 3.98. The van der Waals surface area contributed by atoms with Crippen molar-refractivity contribution >= 4 is 43.2 Å². The lowest BCUT2D eigenvalue weighted by molar-refractivity contribution is -0.385. The molecule has 0 saturated carbocycles. The summed E-state index contributed by atoms with van der Waals surface area (Å²) in [6.45, 7) is 2.14. The summed E-state index contributed by atoms with van der Waals surface area (Å²) in [7, 11) is 0. The maximum atomic E-state index is 10.9. The highest BCUT2D eigenvalue weighted by atomic mass is 79.9. The van der Waals surface area contributed by atoms with Gasteiger partial charge in [0, 0.05) is 16.1 Å². The van der Waals surface area contributed by atoms with Crippen LogP contribution in [-0.4, -0.2) is 4.92 Å². The molecule has 1 N–H and O–H groups in total. The Morgan fingerprint density at radius 2 is 2.11 bits per heavy atom. The van der Waals surface area contributed by atoms with E-state index in [0.29, 0.717) is 17.8 Å². The standard InChI is InChI=1S/C12H10Br2N2O3/c1-7-4-9(14)10(5-11(7)16(17)18)15-6-12-8(13)2-3-19-12/h2-5,15H,6H2,1H3. The Kier molecular flexibility index (Phi) is 4.26. The van der Waals surface area contributed by atoms with Gasteiger partial charge in [0.1, 0.15) is 5.76 Å². The van der Waals surface area contributed by atoms with Crippen LogP contribution >= 0.6 is 31.9 Å². The van der Waals surface area contributed by atoms with Gasteiger partial charge in [-0.2, -0.15) is 0 Å². The molecule has 0 bridgehead atoms. The minimum Gasteiger partial charge on any atom is -0.466 e. The second-order valence-corrected chi connectivity index (χ2v) is 5.63. The normalized spacial score (nSPS) is 10.5. The number of rotatable bonds is 4. The van der Waals surface area contributed by atoms with E-state index in [2.05, 4.69) is 37.2 Å². The largest absolute Gasteiger partial charge is 0.466 e. The minimum atomic E-state index is -0.393. The third-order valence-electron chi connectivity index (χ3n) is 2.61. The van der Waals surface area contributed by atoms with Crippen molar-refractivity contribution in [1.82, 2.24) is 0 Å². The van der Waals surface area contributed by atoms with Crippen molar-refractivity contribution in [2.45, 2.75) is 13.5 Å². The van der Waals surface area contributed by atoms with E-state index in [0.717, 1.165) is 14.7 Å². The van der Waals surface area contributed by atoms with Crippen LogP contribution < -0.4 is 5.32 Å². The van der Waals surface area contributed by atoms with Gasteiger partial charge in [0.05, 0.1) is 27.9 Å². The highest BCUT2D eigenvalue weighted by Gasteiger charge is 2.14. The molecular formula is C12H10Br2N2O3. The van der Waals surface area contributed by atoms with E-state index < -0.39 is 4.92 Å². The first-order valence-corrected chi connectivity index (χ1v) is 6.98. The molecule has 0 aliphatic rings. The van der Waals surface area contributed by atoms with Gasteiger partial charge in [-0.1, -0.05) is 0 Å². The average molecular weight is 390 g/mol. The smallest absolute Gasteiger partial charge is 0.274 e. The lowest BCUT2D eigenvalue weighted by Crippen LogP contribution is -2.01. The first-order valence-electron chi connectivity index (χ1n) is 5.39. The quantitative estimate of drug-likeness (QED) is 0.611. The number of hydrogen-bond acceptors (Lipinski definition) is 4. The zero-order valence-corrected chi connectivity index (χ0v) is 13.1. The van der Waals surface area contributed by atoms with Gasteiger partial charge >= 0.3 is 0 Å². The number of halogens is 2. The summed E-state index contributed by atoms with van der Waals surface area (Å²) in [5.41, 5.74) is 1.35. The molecule has 1 aromatic carbocycles. The van der Waals surface area contributed by atoms with Gasteiger partial charge in [-0.3, -0.25) is 10.1 Å². The van der Waals surface area contributed by atoms with E-state index in [1.165, 1.54) is 6.07 Å². The molecule has 0 atom stereocenters. The minimum absolute atomic E-state index is 0.0872. The third kappa shape index (κ3) is 3.16. The fraction of sp³-hybridized carbons (Fsp3) is 0.167. The molecule has 2 aromatic rings. The zero-order valence-electron chi connectivity index (χ0n) is 9.94. The van der Waals surface area contributed by atoms with E-state index in [9.17, 15) is 10.1 Å². The van der Waals surface area contributed by atoms with Crippen LogP contribution in [0.1, 0.15) is 11.3 Å². The van der Waals surface area contributed by atoms with E-state index in [-0.39, 0.29) is 5.69 Å². The van der Waals surface area contributed by atoms with Gasteiger partial charge < -0.3 is 9.73 Å². The van der Waals surface area contributed by atoms with E-state index >= 15 is 0 Å². The summed E-state index contributed by atoms with van der Waals surface area (Å²) in [6.07, 6.45) is 1.58. The molecular weight excluding hydrogens is 380 g/mol. The van der Waals surface area contributed by atoms with Gasteiger partial charge in [0.2, 0.25) is 0 Å². The van der Waals surface area contributed by atoms with Crippen LogP contribution in [-0.2, 0) is 6.54 Å². The first kappa shape index (κ1) is 14.1. The number of anilines is 1. The molecule has 0 fully saturated rings. The Labute approximate surface area is 126 Å². The van der Waals surface area contributed by atoms with Crippen LogP contribution in [0.5, 0.6) is 0 Å². The lowest BCUT2D eigenvalue weighted by Gasteiger charge is -2.08. The predicted molar refractivity (Wildman–Crippen MR) is 79.3 cm³/mol. The number of benzene rings is 1. The van der Waals surface area contributed by atoms with Crippen LogP contribution in [0.3, 0.4) is 0 Å². The Morgan fingerprint density at radius 3 is 2.68 bits per heavy atom. The fourth-order valence-corrected chi connectivity index (χ4v) is 2.56. The molecule has 7 heteroatoms. The number of hydrogen-bond donors (Lipinski definition) is 1. The highest BCUT2D eigenvalue weighted by Crippen LogP contribution is 2.31. The SMILES string of the molecule is Cc1cc(Br)c(NCc2occc2Br)cc1[N+](=O)[O-]. The average Bonchev–Trinajstić information content (AvgIpc) is 2.73. The number of aryl methyl sites for hydroxylation is 1. The molecule has 0 amide bonds. The number of nitrogens with one attached hydrogen (secondary N) is 1. The van der Waals surface area contributed by atoms with Crippen LogP contribution in [0.2, 0.25) is 0 Å². The molecule has 0 aliphatic heterocycles. The van der Waals surface area contributed by atoms with Crippen molar-refractivity contribution < 1.29 is 9.34 Å². The number of nitrogens with zero attached hydrogens (tertiary/aromatic N) is 1. The fourth-order valence-electron chi connectivity index (χ4n) is 1.62. The summed E-state index contributed by atoms with van der Waals surface area (Å²) in [4.78, 5) is 10.5. The van der Waals surface area contributed by atoms with Crippen LogP contribution in [0.4, 0.5) is 11.4 Å². The van der Waals surface area contributed by atoms with Gasteiger partial charge in [0.15, 0.2) is 0 Å². The summed E-state index contributed by atoms with van der Waals surface area (Å²) in [5, 5.41) is 14.0. The zero-order chi connectivity index (χ0) is 14.0. The Bertz CT molecular complexity index is 625. The van der Waals surface area contributed by atoms with Crippen LogP contribution in [0.25, 0.3) is 0 Å². The number of nitro benzene ring substituents is 1. The highest BCUT2D eigenvalue weighted by molar-refractivity contribution is 9.10. The topological polar surface area (TPSA) is 68.3 Å². The van der Waals surface area contributed by atoms with E-state index in [1.807, 2.05) is 0 Å². The first-order chi connectivity index (χ1) is 8.99. The van der Waals surface area contributed by atoms with Crippen molar-refractivity contribution in [3.63, 3.8) is 0 Å². The van der Waals surface area contributed by atoms with Gasteiger partial charge in [-0.25, -0.2) is 0 Å². The van der Waals surface area contributed by atoms with Crippen molar-refractivity contribution in [2.24, 2.45) is 0 Å². The molecule has 0 radical (unpaired) electrons. The summed E-state index contributed by atoms with van der Waals surface area (Å²) in [5.74, 6) is 0.732. The van der Waals surface area contributed by atoms with Gasteiger partial charge in [0.25, 0.3) is 5.69 Å². The summed E-state index contributed by atoms with van der Waals surface area (Å²) < 4.78 is 6.90. The van der Waals surface area contributed by atoms with Crippen LogP contribution in [0, 0.1) is 17.0 Å². The van der Waals surface area contributed by atoms with Crippen molar-refractivity contribution in [3.05, 3.63) is 54.8 Å². The molecule has 2 rings (SSSR count). The number of furan rings is 1. The van der Waals surface area contributed by atoms with Crippen molar-refractivity contribution in [3.8, 4) is 0 Å². The number of nitro groups is 1. The molecule has 0 unspecified atom stereocenters. The summed E-state index contributed by atoms with van der Waals surface area (Å²) >= 11 is 6.74.